The van der Waals surface area contributed by atoms with Crippen molar-refractivity contribution < 1.29 is 9.21 Å². The lowest BCUT2D eigenvalue weighted by molar-refractivity contribution is 0.0951. The Labute approximate surface area is 143 Å². The van der Waals surface area contributed by atoms with Gasteiger partial charge in [0.25, 0.3) is 5.91 Å². The molecule has 1 N–H and O–H groups in total. The smallest absolute Gasteiger partial charge is 0.251 e. The van der Waals surface area contributed by atoms with Crippen molar-refractivity contribution in [3.8, 4) is 0 Å². The molecule has 0 saturated heterocycles. The van der Waals surface area contributed by atoms with Crippen molar-refractivity contribution >= 4 is 22.7 Å². The fourth-order valence-corrected chi connectivity index (χ4v) is 2.61. The third-order valence-electron chi connectivity index (χ3n) is 3.95. The van der Waals surface area contributed by atoms with Crippen molar-refractivity contribution in [3.63, 3.8) is 0 Å². The van der Waals surface area contributed by atoms with Gasteiger partial charge in [-0.2, -0.15) is 5.10 Å². The lowest BCUT2D eigenvalue weighted by Gasteiger charge is -2.04. The quantitative estimate of drug-likeness (QED) is 0.620. The van der Waals surface area contributed by atoms with Crippen LogP contribution in [-0.4, -0.2) is 25.5 Å². The van der Waals surface area contributed by atoms with Crippen LogP contribution in [-0.2, 0) is 6.54 Å². The van der Waals surface area contributed by atoms with E-state index in [0.717, 1.165) is 11.2 Å². The number of rotatable bonds is 4. The number of nitrogens with zero attached hydrogens (tertiary/aromatic N) is 4. The van der Waals surface area contributed by atoms with Crippen LogP contribution in [0.4, 0.5) is 0 Å². The average molecular weight is 335 g/mol. The van der Waals surface area contributed by atoms with Gasteiger partial charge in [0.05, 0.1) is 6.20 Å². The van der Waals surface area contributed by atoms with E-state index in [2.05, 4.69) is 20.4 Å². The summed E-state index contributed by atoms with van der Waals surface area (Å²) >= 11 is 0. The summed E-state index contributed by atoms with van der Waals surface area (Å²) in [6.07, 6.45) is 5.23. The second-order valence-electron chi connectivity index (χ2n) is 6.13. The molecule has 4 aromatic rings. The second-order valence-corrected chi connectivity index (χ2v) is 6.13. The number of aromatic nitrogens is 4. The highest BCUT2D eigenvalue weighted by Crippen LogP contribution is 2.22. The molecule has 25 heavy (non-hydrogen) atoms. The molecule has 0 spiro atoms. The van der Waals surface area contributed by atoms with E-state index < -0.39 is 0 Å². The van der Waals surface area contributed by atoms with Crippen LogP contribution in [0.25, 0.3) is 16.7 Å². The molecule has 0 saturated carbocycles. The number of fused-ring (bicyclic) bond motifs is 2. The van der Waals surface area contributed by atoms with Crippen molar-refractivity contribution in [1.29, 1.82) is 0 Å². The second kappa shape index (κ2) is 6.01. The van der Waals surface area contributed by atoms with E-state index in [1.807, 2.05) is 20.0 Å². The Morgan fingerprint density at radius 1 is 1.36 bits per heavy atom. The van der Waals surface area contributed by atoms with Gasteiger partial charge >= 0.3 is 0 Å². The molecule has 0 bridgehead atoms. The molecule has 1 aromatic carbocycles. The van der Waals surface area contributed by atoms with E-state index in [1.165, 1.54) is 0 Å². The largest absolute Gasteiger partial charge is 0.440 e. The van der Waals surface area contributed by atoms with E-state index >= 15 is 0 Å². The average Bonchev–Trinajstić information content (AvgIpc) is 3.23. The molecule has 0 aliphatic heterocycles. The van der Waals surface area contributed by atoms with Crippen LogP contribution >= 0.6 is 0 Å². The van der Waals surface area contributed by atoms with Crippen LogP contribution in [0.1, 0.15) is 41.6 Å². The predicted octanol–water partition coefficient (Wildman–Crippen LogP) is 2.92. The van der Waals surface area contributed by atoms with Crippen LogP contribution in [0.5, 0.6) is 0 Å². The van der Waals surface area contributed by atoms with E-state index in [9.17, 15) is 4.79 Å². The molecule has 0 atom stereocenters. The van der Waals surface area contributed by atoms with Gasteiger partial charge in [0.1, 0.15) is 5.52 Å². The third kappa shape index (κ3) is 2.84. The lowest BCUT2D eigenvalue weighted by Crippen LogP contribution is -2.22. The molecule has 0 unspecified atom stereocenters. The molecular formula is C18H17N5O2. The maximum Gasteiger partial charge on any atom is 0.251 e. The van der Waals surface area contributed by atoms with Crippen molar-refractivity contribution in [2.75, 3.05) is 0 Å². The fraction of sp³-hybridized carbons (Fsp3) is 0.222. The molecule has 0 aliphatic carbocycles. The molecule has 0 radical (unpaired) electrons. The third-order valence-corrected chi connectivity index (χ3v) is 3.95. The topological polar surface area (TPSA) is 85.3 Å². The van der Waals surface area contributed by atoms with Gasteiger partial charge in [0.2, 0.25) is 0 Å². The Morgan fingerprint density at radius 2 is 2.24 bits per heavy atom. The SMILES string of the molecule is CC(C)c1nc2cc(C(=O)NCc3cnn4cccnc34)ccc2o1. The first kappa shape index (κ1) is 15.3. The lowest BCUT2D eigenvalue weighted by atomic mass is 10.2. The van der Waals surface area contributed by atoms with E-state index in [4.69, 9.17) is 4.42 Å². The zero-order valence-corrected chi connectivity index (χ0v) is 13.9. The zero-order chi connectivity index (χ0) is 17.4. The van der Waals surface area contributed by atoms with Gasteiger partial charge in [-0.3, -0.25) is 4.79 Å². The minimum atomic E-state index is -0.175. The van der Waals surface area contributed by atoms with E-state index in [-0.39, 0.29) is 11.8 Å². The van der Waals surface area contributed by atoms with Crippen LogP contribution in [0.3, 0.4) is 0 Å². The Hall–Kier alpha value is -3.22. The molecule has 4 rings (SSSR count). The van der Waals surface area contributed by atoms with E-state index in [0.29, 0.717) is 29.1 Å². The molecule has 7 nitrogen and oxygen atoms in total. The highest BCUT2D eigenvalue weighted by Gasteiger charge is 2.13. The number of benzene rings is 1. The highest BCUT2D eigenvalue weighted by molar-refractivity contribution is 5.97. The summed E-state index contributed by atoms with van der Waals surface area (Å²) in [7, 11) is 0. The number of oxazole rings is 1. The number of hydrogen-bond acceptors (Lipinski definition) is 5. The Balaban J connectivity index is 1.53. The molecule has 1 amide bonds. The maximum atomic E-state index is 12.4. The molecule has 3 heterocycles. The number of nitrogens with one attached hydrogen (secondary N) is 1. The van der Waals surface area contributed by atoms with Gasteiger partial charge in [-0.05, 0) is 24.3 Å². The predicted molar refractivity (Wildman–Crippen MR) is 92.3 cm³/mol. The molecular weight excluding hydrogens is 318 g/mol. The van der Waals surface area contributed by atoms with Gasteiger partial charge < -0.3 is 9.73 Å². The monoisotopic (exact) mass is 335 g/mol. The fourth-order valence-electron chi connectivity index (χ4n) is 2.61. The number of hydrogen-bond donors (Lipinski definition) is 1. The molecule has 126 valence electrons. The van der Waals surface area contributed by atoms with Crippen molar-refractivity contribution in [1.82, 2.24) is 24.9 Å². The summed E-state index contributed by atoms with van der Waals surface area (Å²) in [6.45, 7) is 4.39. The van der Waals surface area contributed by atoms with Crippen LogP contribution in [0.15, 0.2) is 47.3 Å². The van der Waals surface area contributed by atoms with Gasteiger partial charge in [0, 0.05) is 36.0 Å². The van der Waals surface area contributed by atoms with Crippen LogP contribution in [0, 0.1) is 0 Å². The Morgan fingerprint density at radius 3 is 3.08 bits per heavy atom. The summed E-state index contributed by atoms with van der Waals surface area (Å²) in [5.41, 5.74) is 3.51. The van der Waals surface area contributed by atoms with Crippen molar-refractivity contribution in [2.24, 2.45) is 0 Å². The summed E-state index contributed by atoms with van der Waals surface area (Å²) in [5, 5.41) is 7.11. The summed E-state index contributed by atoms with van der Waals surface area (Å²) < 4.78 is 7.35. The van der Waals surface area contributed by atoms with Gasteiger partial charge in [-0.15, -0.1) is 0 Å². The first-order chi connectivity index (χ1) is 12.1. The van der Waals surface area contributed by atoms with Gasteiger partial charge in [-0.25, -0.2) is 14.5 Å². The molecule has 3 aromatic heterocycles. The number of amides is 1. The standard InChI is InChI=1S/C18H17N5O2/c1-11(2)18-22-14-8-12(4-5-15(14)25-18)17(24)20-9-13-10-21-23-7-3-6-19-16(13)23/h3-8,10-11H,9H2,1-2H3,(H,20,24). The molecule has 0 aliphatic rings. The van der Waals surface area contributed by atoms with Gasteiger partial charge in [0.15, 0.2) is 17.1 Å². The normalized spacial score (nSPS) is 11.5. The van der Waals surface area contributed by atoms with Crippen molar-refractivity contribution in [3.05, 3.63) is 59.9 Å². The van der Waals surface area contributed by atoms with E-state index in [1.54, 1.807) is 41.2 Å². The van der Waals surface area contributed by atoms with Gasteiger partial charge in [-0.1, -0.05) is 13.8 Å². The molecule has 7 heteroatoms. The number of carbonyl (C=O) groups excluding carboxylic acids is 1. The Kier molecular flexibility index (Phi) is 3.68. The number of carbonyl (C=O) groups is 1. The highest BCUT2D eigenvalue weighted by atomic mass is 16.3. The summed E-state index contributed by atoms with van der Waals surface area (Å²) in [5.74, 6) is 0.698. The first-order valence-electron chi connectivity index (χ1n) is 8.08. The Bertz CT molecular complexity index is 1060. The zero-order valence-electron chi connectivity index (χ0n) is 13.9. The molecule has 0 fully saturated rings. The summed E-state index contributed by atoms with van der Waals surface area (Å²) in [4.78, 5) is 21.2. The van der Waals surface area contributed by atoms with Crippen molar-refractivity contribution in [2.45, 2.75) is 26.3 Å². The first-order valence-corrected chi connectivity index (χ1v) is 8.08. The minimum absolute atomic E-state index is 0.175. The van der Waals surface area contributed by atoms with Crippen LogP contribution < -0.4 is 5.32 Å². The summed E-state index contributed by atoms with van der Waals surface area (Å²) in [6, 6.07) is 7.07. The minimum Gasteiger partial charge on any atom is -0.440 e. The maximum absolute atomic E-state index is 12.4. The van der Waals surface area contributed by atoms with Crippen LogP contribution in [0.2, 0.25) is 0 Å².